The monoisotopic (exact) mass is 504 g/mol. The van der Waals surface area contributed by atoms with Crippen LogP contribution in [-0.2, 0) is 23.1 Å². The molecule has 0 spiro atoms. The molecule has 0 bridgehead atoms. The van der Waals surface area contributed by atoms with Crippen LogP contribution in [0.15, 0.2) is 60.7 Å². The van der Waals surface area contributed by atoms with E-state index >= 15 is 0 Å². The predicted molar refractivity (Wildman–Crippen MR) is 155 cm³/mol. The molecule has 1 aliphatic heterocycles. The summed E-state index contributed by atoms with van der Waals surface area (Å²) >= 11 is 0. The van der Waals surface area contributed by atoms with Gasteiger partial charge in [0.1, 0.15) is 5.75 Å². The smallest absolute Gasteiger partial charge is 0.331 e. The number of aromatic amines is 2. The van der Waals surface area contributed by atoms with Crippen molar-refractivity contribution in [3.63, 3.8) is 0 Å². The van der Waals surface area contributed by atoms with Gasteiger partial charge in [0, 0.05) is 49.9 Å². The first-order chi connectivity index (χ1) is 18.5. The van der Waals surface area contributed by atoms with Crippen LogP contribution in [-0.4, -0.2) is 15.9 Å². The Hall–Kier alpha value is -3.79. The molecule has 0 amide bonds. The van der Waals surface area contributed by atoms with Crippen molar-refractivity contribution in [2.24, 2.45) is 0 Å². The van der Waals surface area contributed by atoms with Gasteiger partial charge in [-0.15, -0.1) is 0 Å². The van der Waals surface area contributed by atoms with Crippen LogP contribution in [0.4, 0.5) is 0 Å². The van der Waals surface area contributed by atoms with Gasteiger partial charge in [0.2, 0.25) is 0 Å². The molecular formula is C34H36N2O2. The number of aromatic nitrogens is 2. The lowest BCUT2D eigenvalue weighted by Gasteiger charge is -2.29. The molecule has 2 aromatic heterocycles. The Balaban J connectivity index is 1.79. The number of para-hydroxylation sites is 1. The lowest BCUT2D eigenvalue weighted by Crippen LogP contribution is -2.37. The van der Waals surface area contributed by atoms with E-state index in [4.69, 9.17) is 4.74 Å². The van der Waals surface area contributed by atoms with Gasteiger partial charge in [0.25, 0.3) is 0 Å². The highest BCUT2D eigenvalue weighted by Gasteiger charge is 2.56. The van der Waals surface area contributed by atoms with Crippen LogP contribution in [0.5, 0.6) is 5.75 Å². The van der Waals surface area contributed by atoms with Gasteiger partial charge < -0.3 is 14.7 Å². The zero-order chi connectivity index (χ0) is 26.4. The Kier molecular flexibility index (Phi) is 6.14. The molecule has 0 saturated heterocycles. The first-order valence-electron chi connectivity index (χ1n) is 14.0. The molecule has 2 N–H and O–H groups in total. The maximum absolute atomic E-state index is 14.5. The average molecular weight is 505 g/mol. The Morgan fingerprint density at radius 2 is 1.24 bits per heavy atom. The van der Waals surface area contributed by atoms with E-state index in [2.05, 4.69) is 80.1 Å². The number of carbonyl (C=O) groups excluding carboxylic acids is 1. The summed E-state index contributed by atoms with van der Waals surface area (Å²) in [6.45, 7) is 8.67. The van der Waals surface area contributed by atoms with E-state index in [-0.39, 0.29) is 5.97 Å². The molecule has 0 radical (unpaired) electrons. The standard InChI is InChI=1S/C34H36N2O2/c1-5-7-13-23-15-11-18-26-29(23)31(21(3)35-26)34(25-17-9-10-20-28(25)38-33(34)37)32-22(4)36-27-19-12-16-24(30(27)32)14-8-6-2/h9-12,15-20,35-36H,5-8,13-14H2,1-4H3. The molecule has 6 rings (SSSR count). The minimum Gasteiger partial charge on any atom is -0.425 e. The third-order valence-corrected chi connectivity index (χ3v) is 8.35. The zero-order valence-corrected chi connectivity index (χ0v) is 22.8. The molecule has 38 heavy (non-hydrogen) atoms. The number of ether oxygens (including phenoxy) is 1. The van der Waals surface area contributed by atoms with Gasteiger partial charge in [-0.3, -0.25) is 0 Å². The number of carbonyl (C=O) groups is 1. The Labute approximate surface area is 224 Å². The van der Waals surface area contributed by atoms with Crippen molar-refractivity contribution < 1.29 is 9.53 Å². The molecule has 1 aliphatic rings. The van der Waals surface area contributed by atoms with Crippen LogP contribution < -0.4 is 4.74 Å². The number of hydrogen-bond acceptors (Lipinski definition) is 2. The zero-order valence-electron chi connectivity index (χ0n) is 22.8. The van der Waals surface area contributed by atoms with Crippen molar-refractivity contribution in [2.45, 2.75) is 71.6 Å². The van der Waals surface area contributed by atoms with E-state index < -0.39 is 5.41 Å². The second kappa shape index (κ2) is 9.50. The van der Waals surface area contributed by atoms with Crippen LogP contribution in [0, 0.1) is 13.8 Å². The summed E-state index contributed by atoms with van der Waals surface area (Å²) < 4.78 is 6.15. The van der Waals surface area contributed by atoms with Gasteiger partial charge in [-0.2, -0.15) is 0 Å². The minimum atomic E-state index is -1.08. The highest BCUT2D eigenvalue weighted by atomic mass is 16.5. The van der Waals surface area contributed by atoms with Crippen molar-refractivity contribution in [1.82, 2.24) is 9.97 Å². The third kappa shape index (κ3) is 3.46. The molecule has 194 valence electrons. The van der Waals surface area contributed by atoms with Crippen molar-refractivity contribution >= 4 is 27.8 Å². The fraction of sp³-hybridized carbons (Fsp3) is 0.324. The van der Waals surface area contributed by atoms with Crippen LogP contribution in [0.25, 0.3) is 21.8 Å². The van der Waals surface area contributed by atoms with Crippen molar-refractivity contribution in [2.75, 3.05) is 0 Å². The third-order valence-electron chi connectivity index (χ3n) is 8.35. The maximum Gasteiger partial charge on any atom is 0.331 e. The van der Waals surface area contributed by atoms with E-state index in [9.17, 15) is 4.79 Å². The summed E-state index contributed by atoms with van der Waals surface area (Å²) in [6.07, 6.45) is 6.38. The Morgan fingerprint density at radius 1 is 0.711 bits per heavy atom. The van der Waals surface area contributed by atoms with Crippen molar-refractivity contribution in [3.05, 3.63) is 99.9 Å². The largest absolute Gasteiger partial charge is 0.425 e. The molecule has 5 aromatic rings. The van der Waals surface area contributed by atoms with E-state index in [1.54, 1.807) is 0 Å². The van der Waals surface area contributed by atoms with E-state index in [1.165, 1.54) is 11.1 Å². The fourth-order valence-corrected chi connectivity index (χ4v) is 6.74. The summed E-state index contributed by atoms with van der Waals surface area (Å²) in [4.78, 5) is 21.9. The average Bonchev–Trinajstić information content (AvgIpc) is 3.54. The summed E-state index contributed by atoms with van der Waals surface area (Å²) in [5, 5.41) is 2.32. The van der Waals surface area contributed by atoms with E-state index in [1.807, 2.05) is 18.2 Å². The lowest BCUT2D eigenvalue weighted by atomic mass is 9.67. The highest BCUT2D eigenvalue weighted by molar-refractivity contribution is 6.08. The van der Waals surface area contributed by atoms with Crippen LogP contribution in [0.3, 0.4) is 0 Å². The predicted octanol–water partition coefficient (Wildman–Crippen LogP) is 8.20. The van der Waals surface area contributed by atoms with Crippen LogP contribution in [0.2, 0.25) is 0 Å². The first kappa shape index (κ1) is 24.5. The summed E-state index contributed by atoms with van der Waals surface area (Å²) in [5.41, 5.74) is 8.65. The number of fused-ring (bicyclic) bond motifs is 3. The Bertz CT molecular complexity index is 1580. The molecule has 4 heteroatoms. The lowest BCUT2D eigenvalue weighted by molar-refractivity contribution is -0.135. The molecule has 0 aliphatic carbocycles. The number of aryl methyl sites for hydroxylation is 4. The molecule has 0 unspecified atom stereocenters. The number of rotatable bonds is 8. The highest BCUT2D eigenvalue weighted by Crippen LogP contribution is 2.55. The first-order valence-corrected chi connectivity index (χ1v) is 14.0. The van der Waals surface area contributed by atoms with Gasteiger partial charge >= 0.3 is 5.97 Å². The number of nitrogens with one attached hydrogen (secondary N) is 2. The van der Waals surface area contributed by atoms with Crippen molar-refractivity contribution in [3.8, 4) is 5.75 Å². The van der Waals surface area contributed by atoms with Gasteiger partial charge in [-0.05, 0) is 68.9 Å². The molecule has 0 saturated carbocycles. The summed E-state index contributed by atoms with van der Waals surface area (Å²) in [5.74, 6) is 0.430. The van der Waals surface area contributed by atoms with E-state index in [0.717, 1.165) is 88.4 Å². The summed E-state index contributed by atoms with van der Waals surface area (Å²) in [6, 6.07) is 21.0. The normalized spacial score (nSPS) is 14.4. The molecule has 0 fully saturated rings. The fourth-order valence-electron chi connectivity index (χ4n) is 6.74. The molecule has 4 nitrogen and oxygen atoms in total. The number of unbranched alkanes of at least 4 members (excludes halogenated alkanes) is 2. The van der Waals surface area contributed by atoms with Gasteiger partial charge in [-0.25, -0.2) is 4.79 Å². The molecule has 3 heterocycles. The van der Waals surface area contributed by atoms with Crippen LogP contribution >= 0.6 is 0 Å². The number of H-pyrrole nitrogens is 2. The van der Waals surface area contributed by atoms with E-state index in [0.29, 0.717) is 5.75 Å². The number of benzene rings is 3. The maximum atomic E-state index is 14.5. The SMILES string of the molecule is CCCCc1cccc2[nH]c(C)c(C3(c4c(C)[nH]c5cccc(CCCC)c45)C(=O)Oc4ccccc43)c12. The second-order valence-electron chi connectivity index (χ2n) is 10.8. The molecular weight excluding hydrogens is 468 g/mol. The Morgan fingerprint density at radius 3 is 1.76 bits per heavy atom. The minimum absolute atomic E-state index is 0.220. The second-order valence-corrected chi connectivity index (χ2v) is 10.8. The van der Waals surface area contributed by atoms with Gasteiger partial charge in [0.05, 0.1) is 0 Å². The molecule has 3 aromatic carbocycles. The van der Waals surface area contributed by atoms with Gasteiger partial charge in [0.15, 0.2) is 5.41 Å². The number of esters is 1. The summed E-state index contributed by atoms with van der Waals surface area (Å²) in [7, 11) is 0. The van der Waals surface area contributed by atoms with Crippen LogP contribution in [0.1, 0.15) is 78.7 Å². The quantitative estimate of drug-likeness (QED) is 0.165. The van der Waals surface area contributed by atoms with Gasteiger partial charge in [-0.1, -0.05) is 69.2 Å². The number of hydrogen-bond donors (Lipinski definition) is 2. The molecule has 0 atom stereocenters. The topological polar surface area (TPSA) is 57.9 Å². The van der Waals surface area contributed by atoms with Crippen molar-refractivity contribution in [1.29, 1.82) is 0 Å².